The second kappa shape index (κ2) is 7.52. The molecule has 0 bridgehead atoms. The maximum absolute atomic E-state index is 11.8. The molecule has 1 aromatic carbocycles. The van der Waals surface area contributed by atoms with Crippen LogP contribution < -0.4 is 15.4 Å². The van der Waals surface area contributed by atoms with Crippen molar-refractivity contribution in [3.8, 4) is 5.75 Å². The van der Waals surface area contributed by atoms with Gasteiger partial charge in [-0.1, -0.05) is 17.7 Å². The maximum atomic E-state index is 11.8. The van der Waals surface area contributed by atoms with Gasteiger partial charge < -0.3 is 20.3 Å². The van der Waals surface area contributed by atoms with Gasteiger partial charge in [-0.25, -0.2) is 4.79 Å². The van der Waals surface area contributed by atoms with E-state index >= 15 is 0 Å². The van der Waals surface area contributed by atoms with Crippen molar-refractivity contribution in [2.75, 3.05) is 27.2 Å². The van der Waals surface area contributed by atoms with Crippen molar-refractivity contribution in [1.82, 2.24) is 15.5 Å². The fraction of sp³-hybridized carbons (Fsp3) is 0.533. The number of nitrogens with one attached hydrogen (secondary N) is 2. The molecule has 1 atom stereocenters. The summed E-state index contributed by atoms with van der Waals surface area (Å²) in [4.78, 5) is 14.1. The molecule has 1 aliphatic rings. The summed E-state index contributed by atoms with van der Waals surface area (Å²) in [6.07, 6.45) is 2.34. The molecule has 1 fully saturated rings. The predicted molar refractivity (Wildman–Crippen MR) is 83.9 cm³/mol. The molecule has 0 saturated carbocycles. The average Bonchev–Trinajstić information content (AvgIpc) is 2.89. The molecular formula is C15H22ClN3O2. The highest BCUT2D eigenvalue weighted by atomic mass is 35.5. The van der Waals surface area contributed by atoms with Crippen molar-refractivity contribution < 1.29 is 9.53 Å². The molecule has 5 nitrogen and oxygen atoms in total. The molecule has 116 valence electrons. The molecule has 1 saturated heterocycles. The summed E-state index contributed by atoms with van der Waals surface area (Å²) < 4.78 is 5.25. The first-order chi connectivity index (χ1) is 10.1. The number of likely N-dealkylation sites (tertiary alicyclic amines) is 1. The number of benzene rings is 1. The molecule has 2 amide bonds. The molecule has 1 unspecified atom stereocenters. The van der Waals surface area contributed by atoms with E-state index in [1.165, 1.54) is 6.42 Å². The lowest BCUT2D eigenvalue weighted by Crippen LogP contribution is -2.42. The third-order valence-electron chi connectivity index (χ3n) is 3.86. The van der Waals surface area contributed by atoms with Crippen molar-refractivity contribution in [2.45, 2.75) is 25.4 Å². The number of hydrogen-bond acceptors (Lipinski definition) is 3. The molecule has 21 heavy (non-hydrogen) atoms. The molecule has 1 aromatic rings. The monoisotopic (exact) mass is 311 g/mol. The third-order valence-corrected chi connectivity index (χ3v) is 4.09. The van der Waals surface area contributed by atoms with Crippen molar-refractivity contribution in [2.24, 2.45) is 0 Å². The summed E-state index contributed by atoms with van der Waals surface area (Å²) in [7, 11) is 3.68. The molecular weight excluding hydrogens is 290 g/mol. The Bertz CT molecular complexity index is 496. The van der Waals surface area contributed by atoms with Crippen LogP contribution in [0, 0.1) is 0 Å². The zero-order chi connectivity index (χ0) is 15.2. The Labute approximate surface area is 130 Å². The number of amides is 2. The fourth-order valence-electron chi connectivity index (χ4n) is 2.55. The van der Waals surface area contributed by atoms with Crippen LogP contribution in [0.3, 0.4) is 0 Å². The van der Waals surface area contributed by atoms with Crippen LogP contribution in [-0.4, -0.2) is 44.2 Å². The summed E-state index contributed by atoms with van der Waals surface area (Å²) in [6.45, 7) is 2.20. The average molecular weight is 312 g/mol. The molecule has 1 aliphatic heterocycles. The minimum Gasteiger partial charge on any atom is -0.496 e. The van der Waals surface area contributed by atoms with Crippen LogP contribution in [0.5, 0.6) is 5.75 Å². The lowest BCUT2D eigenvalue weighted by molar-refractivity contribution is 0.234. The Hall–Kier alpha value is -1.46. The van der Waals surface area contributed by atoms with Gasteiger partial charge in [0.25, 0.3) is 0 Å². The van der Waals surface area contributed by atoms with Gasteiger partial charge in [0.2, 0.25) is 0 Å². The zero-order valence-corrected chi connectivity index (χ0v) is 13.2. The number of likely N-dealkylation sites (N-methyl/N-ethyl adjacent to an activating group) is 1. The van der Waals surface area contributed by atoms with Crippen molar-refractivity contribution in [3.63, 3.8) is 0 Å². The lowest BCUT2D eigenvalue weighted by Gasteiger charge is -2.19. The van der Waals surface area contributed by atoms with Crippen LogP contribution >= 0.6 is 11.6 Å². The summed E-state index contributed by atoms with van der Waals surface area (Å²) >= 11 is 5.91. The first-order valence-corrected chi connectivity index (χ1v) is 7.52. The predicted octanol–water partition coefficient (Wildman–Crippen LogP) is 2.24. The second-order valence-electron chi connectivity index (χ2n) is 5.30. The number of carbonyl (C=O) groups excluding carboxylic acids is 1. The van der Waals surface area contributed by atoms with Crippen LogP contribution in [0.4, 0.5) is 4.79 Å². The Morgan fingerprint density at radius 1 is 1.48 bits per heavy atom. The highest BCUT2D eigenvalue weighted by Crippen LogP contribution is 2.22. The quantitative estimate of drug-likeness (QED) is 0.877. The van der Waals surface area contributed by atoms with Gasteiger partial charge in [0.15, 0.2) is 0 Å². The number of carbonyl (C=O) groups is 1. The van der Waals surface area contributed by atoms with Crippen LogP contribution in [0.15, 0.2) is 18.2 Å². The zero-order valence-electron chi connectivity index (χ0n) is 12.5. The molecule has 1 heterocycles. The largest absolute Gasteiger partial charge is 0.496 e. The molecule has 0 radical (unpaired) electrons. The molecule has 0 aromatic heterocycles. The van der Waals surface area contributed by atoms with Crippen LogP contribution in [0.2, 0.25) is 5.02 Å². The molecule has 0 aliphatic carbocycles. The van der Waals surface area contributed by atoms with E-state index in [9.17, 15) is 4.79 Å². The lowest BCUT2D eigenvalue weighted by atomic mass is 10.2. The Morgan fingerprint density at radius 2 is 2.29 bits per heavy atom. The van der Waals surface area contributed by atoms with E-state index in [0.29, 0.717) is 29.9 Å². The van der Waals surface area contributed by atoms with Gasteiger partial charge in [-0.2, -0.15) is 0 Å². The van der Waals surface area contributed by atoms with Gasteiger partial charge in [0.1, 0.15) is 5.75 Å². The minimum atomic E-state index is -0.160. The summed E-state index contributed by atoms with van der Waals surface area (Å²) in [5.74, 6) is 0.679. The van der Waals surface area contributed by atoms with E-state index < -0.39 is 0 Å². The van der Waals surface area contributed by atoms with E-state index in [4.69, 9.17) is 16.3 Å². The first kappa shape index (κ1) is 15.9. The summed E-state index contributed by atoms with van der Waals surface area (Å²) in [5.41, 5.74) is 0.898. The topological polar surface area (TPSA) is 53.6 Å². The van der Waals surface area contributed by atoms with Crippen molar-refractivity contribution >= 4 is 17.6 Å². The second-order valence-corrected chi connectivity index (χ2v) is 5.73. The van der Waals surface area contributed by atoms with Gasteiger partial charge in [-0.3, -0.25) is 0 Å². The summed E-state index contributed by atoms with van der Waals surface area (Å²) in [6, 6.07) is 5.66. The normalized spacial score (nSPS) is 18.5. The van der Waals surface area contributed by atoms with Gasteiger partial charge in [0.05, 0.1) is 7.11 Å². The SMILES string of the molecule is COc1cc(Cl)ccc1CNC(=O)NCC1CCCN1C. The standard InChI is InChI=1S/C15H22ClN3O2/c1-19-7-3-4-13(19)10-18-15(20)17-9-11-5-6-12(16)8-14(11)21-2/h5-6,8,13H,3-4,7,9-10H2,1-2H3,(H2,17,18,20). The van der Waals surface area contributed by atoms with Gasteiger partial charge in [-0.05, 0) is 38.6 Å². The molecule has 6 heteroatoms. The Kier molecular flexibility index (Phi) is 5.70. The van der Waals surface area contributed by atoms with E-state index in [1.54, 1.807) is 19.2 Å². The van der Waals surface area contributed by atoms with E-state index in [1.807, 2.05) is 6.07 Å². The number of rotatable bonds is 5. The van der Waals surface area contributed by atoms with Gasteiger partial charge in [-0.15, -0.1) is 0 Å². The van der Waals surface area contributed by atoms with E-state index in [-0.39, 0.29) is 6.03 Å². The Balaban J connectivity index is 1.78. The van der Waals surface area contributed by atoms with E-state index in [2.05, 4.69) is 22.6 Å². The van der Waals surface area contributed by atoms with Crippen LogP contribution in [0.1, 0.15) is 18.4 Å². The van der Waals surface area contributed by atoms with Gasteiger partial charge >= 0.3 is 6.03 Å². The van der Waals surface area contributed by atoms with E-state index in [0.717, 1.165) is 18.5 Å². The molecule has 2 rings (SSSR count). The number of nitrogens with zero attached hydrogens (tertiary/aromatic N) is 1. The number of hydrogen-bond donors (Lipinski definition) is 2. The Morgan fingerprint density at radius 3 is 2.95 bits per heavy atom. The maximum Gasteiger partial charge on any atom is 0.315 e. The fourth-order valence-corrected chi connectivity index (χ4v) is 2.71. The van der Waals surface area contributed by atoms with Gasteiger partial charge in [0, 0.05) is 29.7 Å². The highest BCUT2D eigenvalue weighted by molar-refractivity contribution is 6.30. The first-order valence-electron chi connectivity index (χ1n) is 7.14. The van der Waals surface area contributed by atoms with Crippen molar-refractivity contribution in [3.05, 3.63) is 28.8 Å². The minimum absolute atomic E-state index is 0.160. The highest BCUT2D eigenvalue weighted by Gasteiger charge is 2.20. The summed E-state index contributed by atoms with van der Waals surface area (Å²) in [5, 5.41) is 6.37. The molecule has 2 N–H and O–H groups in total. The van der Waals surface area contributed by atoms with Crippen molar-refractivity contribution in [1.29, 1.82) is 0 Å². The number of ether oxygens (including phenoxy) is 1. The third kappa shape index (κ3) is 4.51. The number of methoxy groups -OCH3 is 1. The molecule has 0 spiro atoms. The number of halogens is 1. The van der Waals surface area contributed by atoms with Crippen LogP contribution in [0.25, 0.3) is 0 Å². The smallest absolute Gasteiger partial charge is 0.315 e. The number of urea groups is 1. The van der Waals surface area contributed by atoms with Crippen LogP contribution in [-0.2, 0) is 6.54 Å².